The molecule has 0 unspecified atom stereocenters. The third-order valence-electron chi connectivity index (χ3n) is 3.25. The maximum Gasteiger partial charge on any atom is 0.387 e. The van der Waals surface area contributed by atoms with E-state index in [4.69, 9.17) is 11.6 Å². The van der Waals surface area contributed by atoms with Gasteiger partial charge in [0.25, 0.3) is 0 Å². The van der Waals surface area contributed by atoms with Crippen LogP contribution in [0, 0.1) is 0 Å². The third kappa shape index (κ3) is 4.55. The molecule has 3 rings (SSSR count). The Morgan fingerprint density at radius 2 is 1.85 bits per heavy atom. The number of rotatable bonds is 7. The topological polar surface area (TPSA) is 69.9 Å². The largest absolute Gasteiger partial charge is 0.435 e. The predicted molar refractivity (Wildman–Crippen MR) is 92.3 cm³/mol. The fraction of sp³-hybridized carbons (Fsp3) is 0.125. The van der Waals surface area contributed by atoms with Crippen molar-refractivity contribution in [1.29, 1.82) is 0 Å². The molecule has 0 amide bonds. The third-order valence-corrected chi connectivity index (χ3v) is 4.42. The second kappa shape index (κ2) is 8.24. The highest BCUT2D eigenvalue weighted by atomic mass is 35.5. The zero-order valence-electron chi connectivity index (χ0n) is 13.1. The number of hydrogen-bond acceptors (Lipinski definition) is 6. The number of ketones is 1. The van der Waals surface area contributed by atoms with E-state index in [2.05, 4.69) is 20.3 Å². The first-order valence-electron chi connectivity index (χ1n) is 7.28. The number of halogens is 3. The summed E-state index contributed by atoms with van der Waals surface area (Å²) in [6.45, 7) is -2.90. The number of thioether (sulfide) groups is 1. The highest BCUT2D eigenvalue weighted by molar-refractivity contribution is 7.99. The number of Topliss-reactive ketones (excluding diaryl/α,β-unsaturated/α-hetero) is 1. The van der Waals surface area contributed by atoms with E-state index in [1.807, 2.05) is 0 Å². The Balaban J connectivity index is 1.65. The van der Waals surface area contributed by atoms with E-state index in [0.717, 1.165) is 11.8 Å². The van der Waals surface area contributed by atoms with Crippen LogP contribution in [-0.2, 0) is 0 Å². The minimum Gasteiger partial charge on any atom is -0.435 e. The summed E-state index contributed by atoms with van der Waals surface area (Å²) in [6.07, 6.45) is 0. The summed E-state index contributed by atoms with van der Waals surface area (Å²) < 4.78 is 30.0. The molecular formula is C16H11ClF2N4O2S. The van der Waals surface area contributed by atoms with Gasteiger partial charge >= 0.3 is 6.61 Å². The van der Waals surface area contributed by atoms with Crippen molar-refractivity contribution < 1.29 is 18.3 Å². The normalized spacial score (nSPS) is 10.9. The standard InChI is InChI=1S/C16H11ClF2N4O2S/c17-11-3-5-12(6-4-11)23-16(20-21-22-23)26-9-14(24)10-1-7-13(8-2-10)25-15(18)19/h1-8,15H,9H2. The maximum absolute atomic E-state index is 12.3. The Morgan fingerprint density at radius 3 is 2.50 bits per heavy atom. The Kier molecular flexibility index (Phi) is 5.79. The average molecular weight is 397 g/mol. The van der Waals surface area contributed by atoms with E-state index in [9.17, 15) is 13.6 Å². The molecule has 0 aliphatic heterocycles. The monoisotopic (exact) mass is 396 g/mol. The van der Waals surface area contributed by atoms with Crippen LogP contribution in [0.5, 0.6) is 5.75 Å². The van der Waals surface area contributed by atoms with E-state index in [-0.39, 0.29) is 17.3 Å². The Bertz CT molecular complexity index is 888. The lowest BCUT2D eigenvalue weighted by Gasteiger charge is -2.06. The molecule has 0 aliphatic carbocycles. The molecule has 0 spiro atoms. The van der Waals surface area contributed by atoms with Gasteiger partial charge in [-0.2, -0.15) is 13.5 Å². The summed E-state index contributed by atoms with van der Waals surface area (Å²) in [4.78, 5) is 12.3. The van der Waals surface area contributed by atoms with Gasteiger partial charge in [-0.1, -0.05) is 23.4 Å². The molecule has 0 atom stereocenters. The molecule has 1 aromatic heterocycles. The molecule has 134 valence electrons. The summed E-state index contributed by atoms with van der Waals surface area (Å²) in [6, 6.07) is 12.4. The zero-order chi connectivity index (χ0) is 18.5. The van der Waals surface area contributed by atoms with Gasteiger partial charge in [-0.3, -0.25) is 4.79 Å². The van der Waals surface area contributed by atoms with Gasteiger partial charge in [0, 0.05) is 10.6 Å². The molecule has 0 bridgehead atoms. The van der Waals surface area contributed by atoms with Gasteiger partial charge in [0.05, 0.1) is 11.4 Å². The van der Waals surface area contributed by atoms with Gasteiger partial charge in [0.2, 0.25) is 5.16 Å². The molecule has 10 heteroatoms. The number of nitrogens with zero attached hydrogens (tertiary/aromatic N) is 4. The minimum absolute atomic E-state index is 0.00381. The Labute approximate surface area is 156 Å². The number of ether oxygens (including phenoxy) is 1. The summed E-state index contributed by atoms with van der Waals surface area (Å²) >= 11 is 7.02. The maximum atomic E-state index is 12.3. The fourth-order valence-corrected chi connectivity index (χ4v) is 2.96. The second-order valence-electron chi connectivity index (χ2n) is 4.96. The molecule has 0 N–H and O–H groups in total. The summed E-state index contributed by atoms with van der Waals surface area (Å²) in [7, 11) is 0. The highest BCUT2D eigenvalue weighted by Gasteiger charge is 2.13. The van der Waals surface area contributed by atoms with Crippen molar-refractivity contribution in [2.45, 2.75) is 11.8 Å². The molecule has 1 heterocycles. The first-order chi connectivity index (χ1) is 12.5. The van der Waals surface area contributed by atoms with Crippen molar-refractivity contribution in [1.82, 2.24) is 20.2 Å². The van der Waals surface area contributed by atoms with Crippen LogP contribution >= 0.6 is 23.4 Å². The number of alkyl halides is 2. The van der Waals surface area contributed by atoms with Gasteiger partial charge in [-0.25, -0.2) is 0 Å². The highest BCUT2D eigenvalue weighted by Crippen LogP contribution is 2.21. The summed E-state index contributed by atoms with van der Waals surface area (Å²) in [5, 5.41) is 12.5. The molecule has 0 radical (unpaired) electrons. The number of benzene rings is 2. The van der Waals surface area contributed by atoms with Crippen LogP contribution in [0.15, 0.2) is 53.7 Å². The molecule has 2 aromatic carbocycles. The van der Waals surface area contributed by atoms with Crippen molar-refractivity contribution >= 4 is 29.1 Å². The smallest absolute Gasteiger partial charge is 0.387 e. The predicted octanol–water partition coefficient (Wildman–Crippen LogP) is 3.89. The molecule has 6 nitrogen and oxygen atoms in total. The molecule has 26 heavy (non-hydrogen) atoms. The fourth-order valence-electron chi connectivity index (χ4n) is 2.05. The van der Waals surface area contributed by atoms with Gasteiger partial charge in [-0.15, -0.1) is 5.10 Å². The number of aromatic nitrogens is 4. The van der Waals surface area contributed by atoms with Crippen LogP contribution < -0.4 is 4.74 Å². The molecule has 0 aliphatic rings. The SMILES string of the molecule is O=C(CSc1nnnn1-c1ccc(Cl)cc1)c1ccc(OC(F)F)cc1. The Morgan fingerprint density at radius 1 is 1.15 bits per heavy atom. The van der Waals surface area contributed by atoms with Crippen LogP contribution in [0.3, 0.4) is 0 Å². The van der Waals surface area contributed by atoms with Crippen LogP contribution in [0.25, 0.3) is 5.69 Å². The van der Waals surface area contributed by atoms with Crippen LogP contribution in [-0.4, -0.2) is 38.4 Å². The van der Waals surface area contributed by atoms with Crippen LogP contribution in [0.2, 0.25) is 5.02 Å². The van der Waals surface area contributed by atoms with Crippen molar-refractivity contribution in [3.63, 3.8) is 0 Å². The molecular weight excluding hydrogens is 386 g/mol. The lowest BCUT2D eigenvalue weighted by molar-refractivity contribution is -0.0498. The molecule has 0 saturated carbocycles. The number of tetrazole rings is 1. The van der Waals surface area contributed by atoms with Crippen molar-refractivity contribution in [2.75, 3.05) is 5.75 Å². The van der Waals surface area contributed by atoms with E-state index in [0.29, 0.717) is 21.4 Å². The Hall–Kier alpha value is -2.52. The first kappa shape index (κ1) is 18.3. The van der Waals surface area contributed by atoms with Crippen molar-refractivity contribution in [2.24, 2.45) is 0 Å². The van der Waals surface area contributed by atoms with E-state index in [1.165, 1.54) is 28.9 Å². The van der Waals surface area contributed by atoms with E-state index >= 15 is 0 Å². The van der Waals surface area contributed by atoms with Crippen molar-refractivity contribution in [3.8, 4) is 11.4 Å². The summed E-state index contributed by atoms with van der Waals surface area (Å²) in [5.74, 6) is -0.108. The quantitative estimate of drug-likeness (QED) is 0.445. The van der Waals surface area contributed by atoms with Gasteiger partial charge < -0.3 is 4.74 Å². The van der Waals surface area contributed by atoms with Crippen LogP contribution in [0.1, 0.15) is 10.4 Å². The van der Waals surface area contributed by atoms with Gasteiger partial charge in [-0.05, 0) is 59.0 Å². The van der Waals surface area contributed by atoms with Gasteiger partial charge in [0.1, 0.15) is 5.75 Å². The first-order valence-corrected chi connectivity index (χ1v) is 8.64. The number of hydrogen-bond donors (Lipinski definition) is 0. The minimum atomic E-state index is -2.90. The number of carbonyl (C=O) groups excluding carboxylic acids is 1. The number of carbonyl (C=O) groups is 1. The molecule has 0 saturated heterocycles. The summed E-state index contributed by atoms with van der Waals surface area (Å²) in [5.41, 5.74) is 1.09. The second-order valence-corrected chi connectivity index (χ2v) is 6.34. The van der Waals surface area contributed by atoms with E-state index < -0.39 is 6.61 Å². The van der Waals surface area contributed by atoms with Gasteiger partial charge in [0.15, 0.2) is 5.78 Å². The van der Waals surface area contributed by atoms with E-state index in [1.54, 1.807) is 24.3 Å². The molecule has 3 aromatic rings. The van der Waals surface area contributed by atoms with Crippen molar-refractivity contribution in [3.05, 3.63) is 59.1 Å². The lowest BCUT2D eigenvalue weighted by atomic mass is 10.1. The zero-order valence-corrected chi connectivity index (χ0v) is 14.6. The molecule has 0 fully saturated rings. The van der Waals surface area contributed by atoms with Crippen LogP contribution in [0.4, 0.5) is 8.78 Å². The lowest BCUT2D eigenvalue weighted by Crippen LogP contribution is -2.06. The average Bonchev–Trinajstić information content (AvgIpc) is 3.09.